The van der Waals surface area contributed by atoms with E-state index in [1.165, 1.54) is 0 Å². The van der Waals surface area contributed by atoms with E-state index in [9.17, 15) is 0 Å². The van der Waals surface area contributed by atoms with Gasteiger partial charge in [-0.25, -0.2) is 0 Å². The van der Waals surface area contributed by atoms with Crippen molar-refractivity contribution in [3.8, 4) is 0 Å². The topological polar surface area (TPSA) is 65.2 Å². The van der Waals surface area contributed by atoms with E-state index in [-0.39, 0.29) is 6.04 Å². The number of fused-ring (bicyclic) bond motifs is 1. The van der Waals surface area contributed by atoms with Gasteiger partial charge in [0.05, 0.1) is 6.21 Å². The third-order valence-corrected chi connectivity index (χ3v) is 3.86. The fourth-order valence-corrected chi connectivity index (χ4v) is 2.67. The van der Waals surface area contributed by atoms with Gasteiger partial charge >= 0.3 is 0 Å². The van der Waals surface area contributed by atoms with E-state index in [1.807, 2.05) is 42.6 Å². The van der Waals surface area contributed by atoms with Crippen LogP contribution in [0.15, 0.2) is 81.2 Å². The molecule has 1 aromatic heterocycles. The molecule has 0 saturated carbocycles. The maximum absolute atomic E-state index is 4.27. The smallest absolute Gasteiger partial charge is 0.175 e. The number of aromatic amines is 1. The summed E-state index contributed by atoms with van der Waals surface area (Å²) in [6, 6.07) is 18.3. The molecule has 2 aromatic carbocycles. The van der Waals surface area contributed by atoms with Crippen molar-refractivity contribution in [1.82, 2.24) is 4.98 Å². The lowest BCUT2D eigenvalue weighted by atomic mass is 10.1. The van der Waals surface area contributed by atoms with Crippen LogP contribution in [0.2, 0.25) is 0 Å². The van der Waals surface area contributed by atoms with E-state index >= 15 is 0 Å². The summed E-state index contributed by atoms with van der Waals surface area (Å²) in [5.41, 5.74) is 3.26. The highest BCUT2D eigenvalue weighted by Gasteiger charge is 2.19. The highest BCUT2D eigenvalue weighted by Crippen LogP contribution is 2.27. The molecule has 2 heterocycles. The molecule has 1 aliphatic rings. The molecule has 0 saturated heterocycles. The first-order valence-corrected chi connectivity index (χ1v) is 7.52. The van der Waals surface area contributed by atoms with Gasteiger partial charge in [-0.15, -0.1) is 10.2 Å². The Morgan fingerprint density at radius 2 is 1.87 bits per heavy atom. The standard InChI is InChI=1S/C18H15N5/c1-2-6-13(7-3-1)17-10-18(23-21-17)22-20-12-14-11-19-16-9-5-4-8-15(14)16/h1-9,11-12,17,19H,10H2/b20-12+,22-18+/t17-/m1/s1. The summed E-state index contributed by atoms with van der Waals surface area (Å²) in [5.74, 6) is 0.662. The number of para-hydroxylation sites is 1. The van der Waals surface area contributed by atoms with E-state index in [4.69, 9.17) is 0 Å². The lowest BCUT2D eigenvalue weighted by Crippen LogP contribution is -1.95. The zero-order valence-electron chi connectivity index (χ0n) is 12.4. The molecule has 5 heteroatoms. The summed E-state index contributed by atoms with van der Waals surface area (Å²) >= 11 is 0. The zero-order chi connectivity index (χ0) is 15.5. The number of amidine groups is 1. The van der Waals surface area contributed by atoms with Crippen molar-refractivity contribution in [3.05, 3.63) is 71.9 Å². The summed E-state index contributed by atoms with van der Waals surface area (Å²) in [6.07, 6.45) is 4.36. The number of nitrogens with one attached hydrogen (secondary N) is 1. The monoisotopic (exact) mass is 301 g/mol. The molecular formula is C18H15N5. The summed E-state index contributed by atoms with van der Waals surface area (Å²) in [4.78, 5) is 3.21. The molecule has 1 aliphatic heterocycles. The highest BCUT2D eigenvalue weighted by atomic mass is 15.3. The van der Waals surface area contributed by atoms with Gasteiger partial charge in [-0.3, -0.25) is 0 Å². The van der Waals surface area contributed by atoms with Gasteiger partial charge in [-0.1, -0.05) is 48.5 Å². The molecule has 0 spiro atoms. The second-order valence-electron chi connectivity index (χ2n) is 5.40. The third-order valence-electron chi connectivity index (χ3n) is 3.86. The molecule has 1 N–H and O–H groups in total. The number of benzene rings is 2. The van der Waals surface area contributed by atoms with Crippen LogP contribution in [0.3, 0.4) is 0 Å². The second-order valence-corrected chi connectivity index (χ2v) is 5.40. The molecular weight excluding hydrogens is 286 g/mol. The van der Waals surface area contributed by atoms with Gasteiger partial charge in [0.15, 0.2) is 5.84 Å². The van der Waals surface area contributed by atoms with Crippen molar-refractivity contribution >= 4 is 23.0 Å². The number of azo groups is 1. The molecule has 0 radical (unpaired) electrons. The average Bonchev–Trinajstić information content (AvgIpc) is 3.23. The Morgan fingerprint density at radius 3 is 2.78 bits per heavy atom. The predicted octanol–water partition coefficient (Wildman–Crippen LogP) is 4.50. The Kier molecular flexibility index (Phi) is 3.52. The minimum absolute atomic E-state index is 0.0539. The molecule has 23 heavy (non-hydrogen) atoms. The fraction of sp³-hybridized carbons (Fsp3) is 0.111. The molecule has 5 nitrogen and oxygen atoms in total. The van der Waals surface area contributed by atoms with Crippen LogP contribution in [0.5, 0.6) is 0 Å². The van der Waals surface area contributed by atoms with Crippen molar-refractivity contribution in [2.45, 2.75) is 12.5 Å². The Bertz CT molecular complexity index is 905. The lowest BCUT2D eigenvalue weighted by Gasteiger charge is -2.02. The van der Waals surface area contributed by atoms with Gasteiger partial charge in [0, 0.05) is 29.1 Å². The zero-order valence-corrected chi connectivity index (χ0v) is 12.4. The molecule has 4 rings (SSSR count). The number of aromatic nitrogens is 1. The van der Waals surface area contributed by atoms with E-state index in [2.05, 4.69) is 43.6 Å². The van der Waals surface area contributed by atoms with Crippen LogP contribution < -0.4 is 0 Å². The molecule has 0 unspecified atom stereocenters. The molecule has 0 aliphatic carbocycles. The number of hydrogen-bond donors (Lipinski definition) is 1. The Hall–Kier alpha value is -3.08. The van der Waals surface area contributed by atoms with Gasteiger partial charge in [-0.2, -0.15) is 10.2 Å². The first-order chi connectivity index (χ1) is 11.4. The normalized spacial score (nSPS) is 19.3. The van der Waals surface area contributed by atoms with Gasteiger partial charge in [0.1, 0.15) is 6.04 Å². The summed E-state index contributed by atoms with van der Waals surface area (Å²) < 4.78 is 0. The fourth-order valence-electron chi connectivity index (χ4n) is 2.67. The summed E-state index contributed by atoms with van der Waals surface area (Å²) in [5, 5.41) is 17.9. The van der Waals surface area contributed by atoms with Crippen LogP contribution in [0.1, 0.15) is 23.6 Å². The van der Waals surface area contributed by atoms with E-state index in [0.29, 0.717) is 12.3 Å². The average molecular weight is 301 g/mol. The van der Waals surface area contributed by atoms with Crippen LogP contribution in [0.25, 0.3) is 10.9 Å². The van der Waals surface area contributed by atoms with E-state index in [1.54, 1.807) is 6.21 Å². The van der Waals surface area contributed by atoms with Crippen LogP contribution in [-0.2, 0) is 0 Å². The molecule has 0 fully saturated rings. The number of H-pyrrole nitrogens is 1. The molecule has 0 bridgehead atoms. The molecule has 112 valence electrons. The maximum Gasteiger partial charge on any atom is 0.175 e. The SMILES string of the molecule is C(=N\N=C1/C[C@H](c2ccccc2)N=N1)/c1c[nH]c2ccccc12. The van der Waals surface area contributed by atoms with Crippen molar-refractivity contribution in [3.63, 3.8) is 0 Å². The van der Waals surface area contributed by atoms with Gasteiger partial charge < -0.3 is 4.98 Å². The predicted molar refractivity (Wildman–Crippen MR) is 92.0 cm³/mol. The number of nitrogens with zero attached hydrogens (tertiary/aromatic N) is 4. The van der Waals surface area contributed by atoms with Crippen molar-refractivity contribution < 1.29 is 0 Å². The van der Waals surface area contributed by atoms with E-state index < -0.39 is 0 Å². The first-order valence-electron chi connectivity index (χ1n) is 7.52. The van der Waals surface area contributed by atoms with Gasteiger partial charge in [-0.05, 0) is 11.6 Å². The quantitative estimate of drug-likeness (QED) is 0.547. The lowest BCUT2D eigenvalue weighted by molar-refractivity contribution is 0.773. The van der Waals surface area contributed by atoms with Crippen molar-refractivity contribution in [1.29, 1.82) is 0 Å². The van der Waals surface area contributed by atoms with E-state index in [0.717, 1.165) is 22.0 Å². The van der Waals surface area contributed by atoms with Gasteiger partial charge in [0.25, 0.3) is 0 Å². The van der Waals surface area contributed by atoms with Crippen LogP contribution in [-0.4, -0.2) is 17.0 Å². The minimum atomic E-state index is 0.0539. The molecule has 3 aromatic rings. The second kappa shape index (κ2) is 5.96. The van der Waals surface area contributed by atoms with Gasteiger partial charge in [0.2, 0.25) is 0 Å². The minimum Gasteiger partial charge on any atom is -0.361 e. The Morgan fingerprint density at radius 1 is 1.04 bits per heavy atom. The highest BCUT2D eigenvalue weighted by molar-refractivity contribution is 5.99. The maximum atomic E-state index is 4.27. The number of hydrogen-bond acceptors (Lipinski definition) is 3. The van der Waals surface area contributed by atoms with Crippen molar-refractivity contribution in [2.75, 3.05) is 0 Å². The summed E-state index contributed by atoms with van der Waals surface area (Å²) in [7, 11) is 0. The van der Waals surface area contributed by atoms with Crippen LogP contribution >= 0.6 is 0 Å². The third kappa shape index (κ3) is 2.81. The molecule has 0 amide bonds. The largest absolute Gasteiger partial charge is 0.361 e. The first kappa shape index (κ1) is 13.6. The summed E-state index contributed by atoms with van der Waals surface area (Å²) in [6.45, 7) is 0. The molecule has 1 atom stereocenters. The number of rotatable bonds is 3. The Balaban J connectivity index is 1.49. The Labute approximate surface area is 133 Å². The van der Waals surface area contributed by atoms with Crippen LogP contribution in [0.4, 0.5) is 0 Å². The van der Waals surface area contributed by atoms with Crippen molar-refractivity contribution in [2.24, 2.45) is 20.4 Å². The van der Waals surface area contributed by atoms with Crippen LogP contribution in [0, 0.1) is 0 Å².